The SMILES string of the molecule is Cc1nc2c(F)cc(-c3ncc4cc(N5C[C@@H](C)N[C@@H](C)C5)ccc4n3)cn2c1F. The van der Waals surface area contributed by atoms with Crippen LogP contribution in [0, 0.1) is 18.7 Å². The van der Waals surface area contributed by atoms with E-state index in [-0.39, 0.29) is 11.3 Å². The average Bonchev–Trinajstić information content (AvgIpc) is 3.01. The van der Waals surface area contributed by atoms with E-state index in [2.05, 4.69) is 45.1 Å². The van der Waals surface area contributed by atoms with Crippen LogP contribution in [0.15, 0.2) is 36.7 Å². The van der Waals surface area contributed by atoms with Gasteiger partial charge in [-0.3, -0.25) is 4.40 Å². The summed E-state index contributed by atoms with van der Waals surface area (Å²) in [6.45, 7) is 7.73. The van der Waals surface area contributed by atoms with Gasteiger partial charge in [-0.1, -0.05) is 0 Å². The van der Waals surface area contributed by atoms with Crippen LogP contribution < -0.4 is 10.2 Å². The Labute approximate surface area is 172 Å². The third-order valence-corrected chi connectivity index (χ3v) is 5.52. The number of pyridine rings is 1. The van der Waals surface area contributed by atoms with Crippen LogP contribution in [0.5, 0.6) is 0 Å². The quantitative estimate of drug-likeness (QED) is 0.548. The fourth-order valence-electron chi connectivity index (χ4n) is 4.21. The number of hydrogen-bond donors (Lipinski definition) is 1. The van der Waals surface area contributed by atoms with Gasteiger partial charge >= 0.3 is 0 Å². The van der Waals surface area contributed by atoms with Crippen molar-refractivity contribution in [3.63, 3.8) is 0 Å². The number of rotatable bonds is 2. The third-order valence-electron chi connectivity index (χ3n) is 5.52. The highest BCUT2D eigenvalue weighted by Gasteiger charge is 2.21. The van der Waals surface area contributed by atoms with Crippen LogP contribution in [-0.2, 0) is 0 Å². The number of aryl methyl sites for hydroxylation is 1. The third kappa shape index (κ3) is 3.17. The smallest absolute Gasteiger partial charge is 0.220 e. The number of nitrogens with one attached hydrogen (secondary N) is 1. The second-order valence-corrected chi connectivity index (χ2v) is 8.07. The zero-order valence-corrected chi connectivity index (χ0v) is 17.0. The summed E-state index contributed by atoms with van der Waals surface area (Å²) in [6.07, 6.45) is 3.21. The summed E-state index contributed by atoms with van der Waals surface area (Å²) < 4.78 is 29.8. The maximum atomic E-state index is 14.4. The Balaban J connectivity index is 1.53. The predicted octanol–water partition coefficient (Wildman–Crippen LogP) is 3.72. The summed E-state index contributed by atoms with van der Waals surface area (Å²) in [7, 11) is 0. The number of benzene rings is 1. The van der Waals surface area contributed by atoms with Gasteiger partial charge in [0.25, 0.3) is 0 Å². The van der Waals surface area contributed by atoms with Gasteiger partial charge in [0, 0.05) is 54.2 Å². The number of imidazole rings is 1. The maximum absolute atomic E-state index is 14.4. The average molecular weight is 408 g/mol. The largest absolute Gasteiger partial charge is 0.368 e. The van der Waals surface area contributed by atoms with Crippen LogP contribution in [0.3, 0.4) is 0 Å². The lowest BCUT2D eigenvalue weighted by Crippen LogP contribution is -2.54. The van der Waals surface area contributed by atoms with E-state index in [1.54, 1.807) is 6.20 Å². The summed E-state index contributed by atoms with van der Waals surface area (Å²) in [6, 6.07) is 8.20. The Morgan fingerprint density at radius 3 is 2.60 bits per heavy atom. The lowest BCUT2D eigenvalue weighted by Gasteiger charge is -2.37. The first-order chi connectivity index (χ1) is 14.4. The number of halogens is 2. The van der Waals surface area contributed by atoms with E-state index in [1.807, 2.05) is 12.1 Å². The van der Waals surface area contributed by atoms with Crippen molar-refractivity contribution in [1.82, 2.24) is 24.7 Å². The van der Waals surface area contributed by atoms with Gasteiger partial charge in [0.05, 0.1) is 11.2 Å². The first-order valence-electron chi connectivity index (χ1n) is 10.0. The molecule has 1 fully saturated rings. The van der Waals surface area contributed by atoms with Crippen molar-refractivity contribution in [2.45, 2.75) is 32.9 Å². The molecule has 1 aliphatic heterocycles. The Morgan fingerprint density at radius 1 is 1.07 bits per heavy atom. The molecular formula is C22H22F2N6. The second-order valence-electron chi connectivity index (χ2n) is 8.07. The summed E-state index contributed by atoms with van der Waals surface area (Å²) in [5.74, 6) is -0.859. The van der Waals surface area contributed by atoms with Crippen LogP contribution in [-0.4, -0.2) is 44.5 Å². The molecule has 0 aliphatic carbocycles. The molecule has 8 heteroatoms. The molecule has 154 valence electrons. The van der Waals surface area contributed by atoms with Crippen molar-refractivity contribution in [3.05, 3.63) is 54.1 Å². The van der Waals surface area contributed by atoms with Crippen LogP contribution in [0.1, 0.15) is 19.5 Å². The Morgan fingerprint density at radius 2 is 1.83 bits per heavy atom. The lowest BCUT2D eigenvalue weighted by molar-refractivity contribution is 0.407. The number of hydrogen-bond acceptors (Lipinski definition) is 5. The number of nitrogens with zero attached hydrogens (tertiary/aromatic N) is 5. The van der Waals surface area contributed by atoms with Gasteiger partial charge in [-0.05, 0) is 45.0 Å². The molecule has 0 amide bonds. The minimum absolute atomic E-state index is 0.0429. The normalized spacial score (nSPS) is 19.7. The molecule has 2 atom stereocenters. The summed E-state index contributed by atoms with van der Waals surface area (Å²) in [4.78, 5) is 15.3. The van der Waals surface area contributed by atoms with Gasteiger partial charge in [-0.15, -0.1) is 0 Å². The molecule has 0 radical (unpaired) electrons. The number of aromatic nitrogens is 4. The van der Waals surface area contributed by atoms with E-state index >= 15 is 0 Å². The van der Waals surface area contributed by atoms with E-state index in [0.717, 1.165) is 34.1 Å². The number of piperazine rings is 1. The van der Waals surface area contributed by atoms with E-state index in [0.29, 0.717) is 23.5 Å². The molecule has 1 aromatic carbocycles. The van der Waals surface area contributed by atoms with Crippen molar-refractivity contribution < 1.29 is 8.78 Å². The van der Waals surface area contributed by atoms with E-state index in [4.69, 9.17) is 0 Å². The van der Waals surface area contributed by atoms with Gasteiger partial charge in [0.15, 0.2) is 17.3 Å². The zero-order chi connectivity index (χ0) is 21.0. The van der Waals surface area contributed by atoms with E-state index in [9.17, 15) is 8.78 Å². The molecule has 3 aromatic heterocycles. The monoisotopic (exact) mass is 408 g/mol. The molecule has 6 nitrogen and oxygen atoms in total. The lowest BCUT2D eigenvalue weighted by atomic mass is 10.1. The van der Waals surface area contributed by atoms with Crippen LogP contribution in [0.2, 0.25) is 0 Å². The molecular weight excluding hydrogens is 386 g/mol. The number of fused-ring (bicyclic) bond motifs is 2. The molecule has 5 rings (SSSR count). The second kappa shape index (κ2) is 6.98. The minimum atomic E-state index is -0.611. The molecule has 1 aliphatic rings. The highest BCUT2D eigenvalue weighted by atomic mass is 19.1. The van der Waals surface area contributed by atoms with Crippen LogP contribution in [0.25, 0.3) is 27.9 Å². The Kier molecular flexibility index (Phi) is 4.39. The highest BCUT2D eigenvalue weighted by molar-refractivity contribution is 5.83. The van der Waals surface area contributed by atoms with Gasteiger partial charge in [-0.25, -0.2) is 19.3 Å². The van der Waals surface area contributed by atoms with Gasteiger partial charge in [-0.2, -0.15) is 4.39 Å². The van der Waals surface area contributed by atoms with E-state index < -0.39 is 11.8 Å². The molecule has 4 aromatic rings. The molecule has 30 heavy (non-hydrogen) atoms. The zero-order valence-electron chi connectivity index (χ0n) is 17.0. The van der Waals surface area contributed by atoms with Crippen molar-refractivity contribution in [3.8, 4) is 11.4 Å². The van der Waals surface area contributed by atoms with Crippen LogP contribution >= 0.6 is 0 Å². The number of anilines is 1. The molecule has 1 N–H and O–H groups in total. The van der Waals surface area contributed by atoms with Gasteiger partial charge in [0.2, 0.25) is 5.95 Å². The molecule has 0 unspecified atom stereocenters. The summed E-state index contributed by atoms with van der Waals surface area (Å²) >= 11 is 0. The summed E-state index contributed by atoms with van der Waals surface area (Å²) in [5, 5.41) is 4.44. The fraction of sp³-hybridized carbons (Fsp3) is 0.318. The Hall–Kier alpha value is -3.13. The highest BCUT2D eigenvalue weighted by Crippen LogP contribution is 2.26. The molecule has 0 spiro atoms. The summed E-state index contributed by atoms with van der Waals surface area (Å²) in [5.41, 5.74) is 2.38. The predicted molar refractivity (Wildman–Crippen MR) is 113 cm³/mol. The molecule has 0 bridgehead atoms. The first kappa shape index (κ1) is 18.9. The van der Waals surface area contributed by atoms with Gasteiger partial charge < -0.3 is 10.2 Å². The van der Waals surface area contributed by atoms with Crippen molar-refractivity contribution in [2.24, 2.45) is 0 Å². The fourth-order valence-corrected chi connectivity index (χ4v) is 4.21. The topological polar surface area (TPSA) is 58.4 Å². The van der Waals surface area contributed by atoms with Crippen molar-refractivity contribution in [2.75, 3.05) is 18.0 Å². The molecule has 4 heterocycles. The van der Waals surface area contributed by atoms with Gasteiger partial charge in [0.1, 0.15) is 0 Å². The molecule has 1 saturated heterocycles. The van der Waals surface area contributed by atoms with Crippen molar-refractivity contribution >= 4 is 22.2 Å². The van der Waals surface area contributed by atoms with E-state index in [1.165, 1.54) is 19.2 Å². The van der Waals surface area contributed by atoms with Crippen LogP contribution in [0.4, 0.5) is 14.5 Å². The standard InChI is InChI=1S/C22H22F2N6/c1-12-9-29(10-13(2)26-12)17-4-5-19-15(6-17)8-25-21(28-19)16-7-18(23)22-27-14(3)20(24)30(22)11-16/h4-8,11-13,26H,9-10H2,1-3H3/t12-,13+. The van der Waals surface area contributed by atoms with Crippen molar-refractivity contribution in [1.29, 1.82) is 0 Å². The Bertz CT molecular complexity index is 1260. The first-order valence-corrected chi connectivity index (χ1v) is 10.0. The maximum Gasteiger partial charge on any atom is 0.220 e. The minimum Gasteiger partial charge on any atom is -0.368 e. The molecule has 0 saturated carbocycles.